The second-order valence-electron chi connectivity index (χ2n) is 11.0. The van der Waals surface area contributed by atoms with Crippen molar-refractivity contribution in [1.29, 1.82) is 0 Å². The molecule has 214 valence electrons. The van der Waals surface area contributed by atoms with Gasteiger partial charge < -0.3 is 10.4 Å². The van der Waals surface area contributed by atoms with Crippen molar-refractivity contribution in [1.82, 2.24) is 20.0 Å². The normalized spacial score (nSPS) is 21.1. The highest BCUT2D eigenvalue weighted by Crippen LogP contribution is 2.39. The number of aromatic nitrogens is 2. The highest BCUT2D eigenvalue weighted by atomic mass is 19.3. The second kappa shape index (κ2) is 11.7. The van der Waals surface area contributed by atoms with E-state index < -0.39 is 36.3 Å². The van der Waals surface area contributed by atoms with Crippen LogP contribution in [0.3, 0.4) is 0 Å². The Morgan fingerprint density at radius 2 is 1.90 bits per heavy atom. The smallest absolute Gasteiger partial charge is 0.305 e. The van der Waals surface area contributed by atoms with Gasteiger partial charge in [-0.25, -0.2) is 17.6 Å². The van der Waals surface area contributed by atoms with Gasteiger partial charge in [0.05, 0.1) is 24.7 Å². The van der Waals surface area contributed by atoms with E-state index in [0.29, 0.717) is 12.1 Å². The number of carboxylic acid groups (broad SMARTS) is 1. The Hall–Kier alpha value is -2.95. The standard InChI is InChI=1S/C28H36F4N4O3/c1-18-11-13-28(31,32)17-35(18)14-12-19(15-25(37)38)33-26(39)23-16-24(36(34-23)20-7-3-4-8-20)21-9-5-6-10-22(21)27(2,29)30/h5-6,9-10,16,18-20H,3-4,7-8,11-15,17H2,1-2H3,(H,33,39)(H,37,38)/t18?,19-/m0/s1. The molecule has 0 spiro atoms. The molecule has 1 aliphatic heterocycles. The summed E-state index contributed by atoms with van der Waals surface area (Å²) >= 11 is 0. The van der Waals surface area contributed by atoms with Gasteiger partial charge in [0.1, 0.15) is 0 Å². The number of carboxylic acids is 1. The van der Waals surface area contributed by atoms with Gasteiger partial charge in [-0.15, -0.1) is 0 Å². The maximum atomic E-state index is 14.5. The molecule has 1 aromatic carbocycles. The van der Waals surface area contributed by atoms with Crippen LogP contribution in [-0.2, 0) is 10.7 Å². The van der Waals surface area contributed by atoms with Crippen molar-refractivity contribution in [3.8, 4) is 11.3 Å². The maximum absolute atomic E-state index is 14.5. The molecule has 4 rings (SSSR count). The van der Waals surface area contributed by atoms with Crippen LogP contribution in [0.2, 0.25) is 0 Å². The molecule has 1 unspecified atom stereocenters. The van der Waals surface area contributed by atoms with Crippen LogP contribution in [0.15, 0.2) is 30.3 Å². The van der Waals surface area contributed by atoms with Crippen molar-refractivity contribution in [3.05, 3.63) is 41.6 Å². The van der Waals surface area contributed by atoms with Gasteiger partial charge in [-0.3, -0.25) is 19.2 Å². The summed E-state index contributed by atoms with van der Waals surface area (Å²) in [6.45, 7) is 2.48. The van der Waals surface area contributed by atoms with Crippen LogP contribution >= 0.6 is 0 Å². The number of hydrogen-bond donors (Lipinski definition) is 2. The number of carbonyl (C=O) groups excluding carboxylic acids is 1. The van der Waals surface area contributed by atoms with Crippen LogP contribution in [0.25, 0.3) is 11.3 Å². The summed E-state index contributed by atoms with van der Waals surface area (Å²) in [6, 6.07) is 6.67. The number of nitrogens with one attached hydrogen (secondary N) is 1. The Kier molecular flexibility index (Phi) is 8.68. The lowest BCUT2D eigenvalue weighted by atomic mass is 9.99. The van der Waals surface area contributed by atoms with Gasteiger partial charge in [0.25, 0.3) is 17.8 Å². The van der Waals surface area contributed by atoms with Gasteiger partial charge in [0.15, 0.2) is 5.69 Å². The molecule has 2 aliphatic rings. The SMILES string of the molecule is CC1CCC(F)(F)CN1CC[C@@H](CC(=O)O)NC(=O)c1cc(-c2ccccc2C(C)(F)F)n(C2CCCC2)n1. The summed E-state index contributed by atoms with van der Waals surface area (Å²) in [4.78, 5) is 26.4. The quantitative estimate of drug-likeness (QED) is 0.361. The molecule has 0 radical (unpaired) electrons. The Morgan fingerprint density at radius 3 is 2.56 bits per heavy atom. The van der Waals surface area contributed by atoms with Crippen LogP contribution in [0.4, 0.5) is 17.6 Å². The number of hydrogen-bond acceptors (Lipinski definition) is 4. The molecule has 2 aromatic rings. The minimum absolute atomic E-state index is 0.000569. The van der Waals surface area contributed by atoms with E-state index >= 15 is 0 Å². The number of aliphatic carboxylic acids is 1. The Labute approximate surface area is 225 Å². The summed E-state index contributed by atoms with van der Waals surface area (Å²) in [5.74, 6) is -7.67. The molecule has 1 aromatic heterocycles. The van der Waals surface area contributed by atoms with Crippen LogP contribution < -0.4 is 5.32 Å². The number of nitrogens with zero attached hydrogens (tertiary/aromatic N) is 3. The maximum Gasteiger partial charge on any atom is 0.305 e. The predicted molar refractivity (Wildman–Crippen MR) is 138 cm³/mol. The fraction of sp³-hybridized carbons (Fsp3) is 0.607. The first-order chi connectivity index (χ1) is 18.3. The van der Waals surface area contributed by atoms with Gasteiger partial charge in [0.2, 0.25) is 0 Å². The topological polar surface area (TPSA) is 87.5 Å². The average molecular weight is 553 g/mol. The number of benzene rings is 1. The zero-order valence-electron chi connectivity index (χ0n) is 22.3. The molecule has 2 N–H and O–H groups in total. The van der Waals surface area contributed by atoms with Crippen molar-refractivity contribution >= 4 is 11.9 Å². The van der Waals surface area contributed by atoms with Crippen LogP contribution in [-0.4, -0.2) is 62.8 Å². The Balaban J connectivity index is 1.57. The number of alkyl halides is 4. The monoisotopic (exact) mass is 552 g/mol. The molecule has 11 heteroatoms. The first kappa shape index (κ1) is 29.0. The van der Waals surface area contributed by atoms with Crippen LogP contribution in [0.1, 0.15) is 87.3 Å². The van der Waals surface area contributed by atoms with E-state index in [0.717, 1.165) is 32.6 Å². The molecule has 7 nitrogen and oxygen atoms in total. The van der Waals surface area contributed by atoms with Crippen LogP contribution in [0, 0.1) is 0 Å². The molecule has 1 saturated carbocycles. The van der Waals surface area contributed by atoms with E-state index in [1.807, 2.05) is 6.92 Å². The fourth-order valence-corrected chi connectivity index (χ4v) is 5.67. The third-order valence-electron chi connectivity index (χ3n) is 7.82. The molecule has 2 heterocycles. The van der Waals surface area contributed by atoms with E-state index in [2.05, 4.69) is 10.4 Å². The van der Waals surface area contributed by atoms with E-state index in [4.69, 9.17) is 0 Å². The lowest BCUT2D eigenvalue weighted by Gasteiger charge is -2.38. The van der Waals surface area contributed by atoms with E-state index in [1.165, 1.54) is 18.2 Å². The molecule has 2 atom stereocenters. The van der Waals surface area contributed by atoms with Gasteiger partial charge in [0, 0.05) is 43.1 Å². The summed E-state index contributed by atoms with van der Waals surface area (Å²) < 4.78 is 58.5. The lowest BCUT2D eigenvalue weighted by Crippen LogP contribution is -2.49. The molecule has 0 bridgehead atoms. The number of piperidine rings is 1. The minimum Gasteiger partial charge on any atom is -0.481 e. The minimum atomic E-state index is -3.11. The lowest BCUT2D eigenvalue weighted by molar-refractivity contribution is -0.137. The van der Waals surface area contributed by atoms with E-state index in [9.17, 15) is 32.3 Å². The van der Waals surface area contributed by atoms with E-state index in [-0.39, 0.29) is 54.7 Å². The highest BCUT2D eigenvalue weighted by molar-refractivity contribution is 5.94. The third kappa shape index (κ3) is 7.17. The van der Waals surface area contributed by atoms with Crippen molar-refractivity contribution in [2.45, 2.75) is 95.2 Å². The van der Waals surface area contributed by atoms with Gasteiger partial charge in [-0.2, -0.15) is 5.10 Å². The van der Waals surface area contributed by atoms with Gasteiger partial charge >= 0.3 is 5.97 Å². The second-order valence-corrected chi connectivity index (χ2v) is 11.0. The number of carbonyl (C=O) groups is 2. The number of amides is 1. The number of likely N-dealkylation sites (tertiary alicyclic amines) is 1. The zero-order chi connectivity index (χ0) is 28.4. The summed E-state index contributed by atoms with van der Waals surface area (Å²) in [5.41, 5.74) is 0.514. The molecular formula is C28H36F4N4O3. The highest BCUT2D eigenvalue weighted by Gasteiger charge is 2.38. The molecule has 1 aliphatic carbocycles. The van der Waals surface area contributed by atoms with Gasteiger partial charge in [-0.1, -0.05) is 37.1 Å². The predicted octanol–water partition coefficient (Wildman–Crippen LogP) is 5.86. The average Bonchev–Trinajstić information content (AvgIpc) is 3.54. The van der Waals surface area contributed by atoms with Crippen molar-refractivity contribution in [2.75, 3.05) is 13.1 Å². The largest absolute Gasteiger partial charge is 0.481 e. The molecule has 1 saturated heterocycles. The van der Waals surface area contributed by atoms with Crippen LogP contribution in [0.5, 0.6) is 0 Å². The molecular weight excluding hydrogens is 516 g/mol. The van der Waals surface area contributed by atoms with Crippen molar-refractivity contribution < 1.29 is 32.3 Å². The number of halogens is 4. The molecule has 2 fully saturated rings. The summed E-state index contributed by atoms with van der Waals surface area (Å²) in [5, 5.41) is 16.6. The molecule has 1 amide bonds. The number of rotatable bonds is 10. The zero-order valence-corrected chi connectivity index (χ0v) is 22.3. The van der Waals surface area contributed by atoms with E-state index in [1.54, 1.807) is 21.7 Å². The first-order valence-electron chi connectivity index (χ1n) is 13.6. The summed E-state index contributed by atoms with van der Waals surface area (Å²) in [6.07, 6.45) is 3.48. The Bertz CT molecular complexity index is 1170. The van der Waals surface area contributed by atoms with Crippen molar-refractivity contribution in [2.24, 2.45) is 0 Å². The molecule has 39 heavy (non-hydrogen) atoms. The third-order valence-corrected chi connectivity index (χ3v) is 7.82. The first-order valence-corrected chi connectivity index (χ1v) is 13.6. The van der Waals surface area contributed by atoms with Crippen molar-refractivity contribution in [3.63, 3.8) is 0 Å². The fourth-order valence-electron chi connectivity index (χ4n) is 5.67. The van der Waals surface area contributed by atoms with Gasteiger partial charge in [-0.05, 0) is 38.7 Å². The Morgan fingerprint density at radius 1 is 1.21 bits per heavy atom. The summed E-state index contributed by atoms with van der Waals surface area (Å²) in [7, 11) is 0.